The average Bonchev–Trinajstić information content (AvgIpc) is 2.98. The second-order valence-corrected chi connectivity index (χ2v) is 4.13. The average molecular weight is 294 g/mol. The van der Waals surface area contributed by atoms with Crippen LogP contribution in [0, 0.1) is 0 Å². The third-order valence-electron chi connectivity index (χ3n) is 2.76. The van der Waals surface area contributed by atoms with Gasteiger partial charge in [0.25, 0.3) is 5.89 Å². The van der Waals surface area contributed by atoms with Crippen LogP contribution >= 0.6 is 0 Å². The van der Waals surface area contributed by atoms with Crippen molar-refractivity contribution in [1.29, 1.82) is 0 Å². The predicted octanol–water partition coefficient (Wildman–Crippen LogP) is 1.85. The van der Waals surface area contributed by atoms with Crippen LogP contribution in [0.1, 0.15) is 11.7 Å². The van der Waals surface area contributed by atoms with Gasteiger partial charge in [0, 0.05) is 13.5 Å². The number of hydrogen-bond acceptors (Lipinski definition) is 7. The van der Waals surface area contributed by atoms with Crippen LogP contribution < -0.4 is 14.2 Å². The van der Waals surface area contributed by atoms with Crippen LogP contribution in [-0.4, -0.2) is 38.1 Å². The zero-order valence-corrected chi connectivity index (χ0v) is 12.3. The predicted molar refractivity (Wildman–Crippen MR) is 73.8 cm³/mol. The fraction of sp³-hybridized carbons (Fsp3) is 0.429. The molecule has 2 aromatic rings. The van der Waals surface area contributed by atoms with Gasteiger partial charge in [0.2, 0.25) is 5.75 Å². The van der Waals surface area contributed by atoms with Crippen LogP contribution in [0.5, 0.6) is 17.2 Å². The number of benzene rings is 1. The van der Waals surface area contributed by atoms with Crippen molar-refractivity contribution in [2.24, 2.45) is 0 Å². The van der Waals surface area contributed by atoms with Gasteiger partial charge in [-0.1, -0.05) is 11.2 Å². The number of nitrogens with zero attached hydrogens (tertiary/aromatic N) is 2. The second-order valence-electron chi connectivity index (χ2n) is 4.13. The molecule has 0 aliphatic heterocycles. The first kappa shape index (κ1) is 15.1. The summed E-state index contributed by atoms with van der Waals surface area (Å²) in [5.41, 5.74) is 0. The molecule has 1 aromatic carbocycles. The van der Waals surface area contributed by atoms with E-state index < -0.39 is 0 Å². The molecule has 0 unspecified atom stereocenters. The highest BCUT2D eigenvalue weighted by molar-refractivity contribution is 5.51. The lowest BCUT2D eigenvalue weighted by molar-refractivity contribution is 0.199. The standard InChI is InChI=1S/C14H18N2O5/c1-17-8-7-12-15-13(21-16-12)9-20-14-10(18-2)5-4-6-11(14)19-3/h4-6H,7-9H2,1-3H3. The molecule has 0 atom stereocenters. The number of aromatic nitrogens is 2. The van der Waals surface area contributed by atoms with Gasteiger partial charge in [0.05, 0.1) is 20.8 Å². The van der Waals surface area contributed by atoms with Crippen molar-refractivity contribution in [2.75, 3.05) is 27.9 Å². The summed E-state index contributed by atoms with van der Waals surface area (Å²) in [6, 6.07) is 5.39. The molecule has 7 nitrogen and oxygen atoms in total. The Morgan fingerprint density at radius 1 is 1.10 bits per heavy atom. The molecule has 0 radical (unpaired) electrons. The van der Waals surface area contributed by atoms with Gasteiger partial charge in [0.1, 0.15) is 0 Å². The van der Waals surface area contributed by atoms with E-state index in [1.54, 1.807) is 33.5 Å². The van der Waals surface area contributed by atoms with E-state index in [9.17, 15) is 0 Å². The third kappa shape index (κ3) is 3.85. The van der Waals surface area contributed by atoms with Gasteiger partial charge in [-0.15, -0.1) is 0 Å². The lowest BCUT2D eigenvalue weighted by Crippen LogP contribution is -2.01. The first-order valence-electron chi connectivity index (χ1n) is 6.42. The van der Waals surface area contributed by atoms with Gasteiger partial charge in [-0.2, -0.15) is 4.98 Å². The molecule has 0 bridgehead atoms. The normalized spacial score (nSPS) is 10.4. The maximum absolute atomic E-state index is 5.68. The van der Waals surface area contributed by atoms with Crippen molar-refractivity contribution in [3.05, 3.63) is 29.9 Å². The molecular weight excluding hydrogens is 276 g/mol. The second kappa shape index (κ2) is 7.49. The molecule has 0 amide bonds. The summed E-state index contributed by atoms with van der Waals surface area (Å²) in [6.45, 7) is 0.677. The highest BCUT2D eigenvalue weighted by Gasteiger charge is 2.13. The Bertz CT molecular complexity index is 548. The van der Waals surface area contributed by atoms with E-state index in [0.29, 0.717) is 42.0 Å². The fourth-order valence-electron chi connectivity index (χ4n) is 1.74. The van der Waals surface area contributed by atoms with Crippen LogP contribution in [-0.2, 0) is 17.8 Å². The summed E-state index contributed by atoms with van der Waals surface area (Å²) < 4.78 is 26.2. The molecule has 114 valence electrons. The first-order valence-corrected chi connectivity index (χ1v) is 6.42. The van der Waals surface area contributed by atoms with Crippen molar-refractivity contribution < 1.29 is 23.5 Å². The zero-order valence-electron chi connectivity index (χ0n) is 12.3. The Balaban J connectivity index is 2.04. The van der Waals surface area contributed by atoms with Crippen LogP contribution in [0.3, 0.4) is 0 Å². The zero-order chi connectivity index (χ0) is 15.1. The number of rotatable bonds is 8. The number of hydrogen-bond donors (Lipinski definition) is 0. The molecule has 0 saturated heterocycles. The van der Waals surface area contributed by atoms with E-state index in [4.69, 9.17) is 23.5 Å². The molecule has 1 heterocycles. The molecule has 0 aliphatic rings. The lowest BCUT2D eigenvalue weighted by atomic mass is 10.3. The smallest absolute Gasteiger partial charge is 0.264 e. The molecule has 2 rings (SSSR count). The van der Waals surface area contributed by atoms with Crippen LogP contribution in [0.2, 0.25) is 0 Å². The Labute approximate surface area is 122 Å². The summed E-state index contributed by atoms with van der Waals surface area (Å²) >= 11 is 0. The number of methoxy groups -OCH3 is 3. The van der Waals surface area contributed by atoms with Gasteiger partial charge < -0.3 is 23.5 Å². The Morgan fingerprint density at radius 3 is 2.43 bits per heavy atom. The van der Waals surface area contributed by atoms with E-state index in [1.807, 2.05) is 6.07 Å². The molecular formula is C14H18N2O5. The maximum atomic E-state index is 5.68. The minimum absolute atomic E-state index is 0.136. The summed E-state index contributed by atoms with van der Waals surface area (Å²) in [4.78, 5) is 4.21. The quantitative estimate of drug-likeness (QED) is 0.735. The molecule has 1 aromatic heterocycles. The highest BCUT2D eigenvalue weighted by Crippen LogP contribution is 2.37. The minimum atomic E-state index is 0.136. The topological polar surface area (TPSA) is 75.8 Å². The van der Waals surface area contributed by atoms with Crippen molar-refractivity contribution in [3.63, 3.8) is 0 Å². The Hall–Kier alpha value is -2.28. The number of ether oxygens (including phenoxy) is 4. The molecule has 0 aliphatic carbocycles. The van der Waals surface area contributed by atoms with Crippen LogP contribution in [0.4, 0.5) is 0 Å². The summed E-state index contributed by atoms with van der Waals surface area (Å²) in [6.07, 6.45) is 0.595. The fourth-order valence-corrected chi connectivity index (χ4v) is 1.74. The molecule has 0 fully saturated rings. The Kier molecular flexibility index (Phi) is 5.39. The minimum Gasteiger partial charge on any atom is -0.493 e. The summed E-state index contributed by atoms with van der Waals surface area (Å²) in [7, 11) is 4.76. The molecule has 7 heteroatoms. The van der Waals surface area contributed by atoms with E-state index in [0.717, 1.165) is 0 Å². The van der Waals surface area contributed by atoms with Crippen molar-refractivity contribution in [2.45, 2.75) is 13.0 Å². The molecule has 0 saturated carbocycles. The lowest BCUT2D eigenvalue weighted by Gasteiger charge is -2.12. The van der Waals surface area contributed by atoms with Gasteiger partial charge in [-0.05, 0) is 12.1 Å². The van der Waals surface area contributed by atoms with E-state index in [2.05, 4.69) is 10.1 Å². The van der Waals surface area contributed by atoms with E-state index in [1.165, 1.54) is 0 Å². The largest absolute Gasteiger partial charge is 0.493 e. The number of para-hydroxylation sites is 1. The van der Waals surface area contributed by atoms with E-state index in [-0.39, 0.29) is 6.61 Å². The Morgan fingerprint density at radius 2 is 1.81 bits per heavy atom. The first-order chi connectivity index (χ1) is 10.3. The molecule has 0 spiro atoms. The van der Waals surface area contributed by atoms with Gasteiger partial charge in [0.15, 0.2) is 23.9 Å². The molecule has 0 N–H and O–H groups in total. The van der Waals surface area contributed by atoms with Gasteiger partial charge >= 0.3 is 0 Å². The van der Waals surface area contributed by atoms with Crippen molar-refractivity contribution >= 4 is 0 Å². The van der Waals surface area contributed by atoms with Gasteiger partial charge in [-0.25, -0.2) is 0 Å². The van der Waals surface area contributed by atoms with Gasteiger partial charge in [-0.3, -0.25) is 0 Å². The maximum Gasteiger partial charge on any atom is 0.264 e. The van der Waals surface area contributed by atoms with Crippen molar-refractivity contribution in [1.82, 2.24) is 10.1 Å². The molecule has 21 heavy (non-hydrogen) atoms. The highest BCUT2D eigenvalue weighted by atomic mass is 16.5. The summed E-state index contributed by atoms with van der Waals surface area (Å²) in [5.74, 6) is 2.62. The monoisotopic (exact) mass is 294 g/mol. The summed E-state index contributed by atoms with van der Waals surface area (Å²) in [5, 5.41) is 3.84. The van der Waals surface area contributed by atoms with Crippen molar-refractivity contribution in [3.8, 4) is 17.2 Å². The third-order valence-corrected chi connectivity index (χ3v) is 2.76. The SMILES string of the molecule is COCCc1noc(COc2c(OC)cccc2OC)n1. The van der Waals surface area contributed by atoms with Crippen LogP contribution in [0.15, 0.2) is 22.7 Å². The van der Waals surface area contributed by atoms with E-state index >= 15 is 0 Å². The van der Waals surface area contributed by atoms with Crippen LogP contribution in [0.25, 0.3) is 0 Å².